The number of carbonyl (C=O) groups is 2. The van der Waals surface area contributed by atoms with Crippen LogP contribution in [0.15, 0.2) is 24.3 Å². The molecule has 116 valence electrons. The largest absolute Gasteiger partial charge is 0.497 e. The average Bonchev–Trinajstić information content (AvgIpc) is 3.22. The first-order valence-corrected chi connectivity index (χ1v) is 6.54. The van der Waals surface area contributed by atoms with Crippen molar-refractivity contribution < 1.29 is 14.3 Å². The number of nitrogens with two attached hydrogens (primary N) is 1. The number of amides is 2. The van der Waals surface area contributed by atoms with Crippen LogP contribution >= 0.6 is 12.4 Å². The molecule has 1 fully saturated rings. The topological polar surface area (TPSA) is 93.5 Å². The van der Waals surface area contributed by atoms with Crippen LogP contribution in [0.5, 0.6) is 5.75 Å². The SMILES string of the molecule is COc1cccc(C(=O)NCCNC(=O)C2(N)CC2)c1.Cl. The zero-order valence-corrected chi connectivity index (χ0v) is 12.7. The van der Waals surface area contributed by atoms with E-state index in [1.807, 2.05) is 0 Å². The predicted molar refractivity (Wildman–Crippen MR) is 81.7 cm³/mol. The molecule has 2 rings (SSSR count). The highest BCUT2D eigenvalue weighted by molar-refractivity contribution is 5.94. The molecule has 21 heavy (non-hydrogen) atoms. The van der Waals surface area contributed by atoms with Crippen molar-refractivity contribution in [1.82, 2.24) is 10.6 Å². The zero-order valence-electron chi connectivity index (χ0n) is 11.8. The van der Waals surface area contributed by atoms with Crippen molar-refractivity contribution in [1.29, 1.82) is 0 Å². The molecule has 1 saturated carbocycles. The van der Waals surface area contributed by atoms with E-state index < -0.39 is 5.54 Å². The summed E-state index contributed by atoms with van der Waals surface area (Å²) in [6, 6.07) is 6.89. The molecule has 1 aliphatic carbocycles. The summed E-state index contributed by atoms with van der Waals surface area (Å²) in [5.41, 5.74) is 5.59. The van der Waals surface area contributed by atoms with E-state index >= 15 is 0 Å². The Kier molecular flexibility index (Phi) is 5.99. The first-order chi connectivity index (χ1) is 9.55. The molecule has 1 aromatic rings. The van der Waals surface area contributed by atoms with Crippen LogP contribution < -0.4 is 21.1 Å². The number of hydrogen-bond donors (Lipinski definition) is 3. The molecule has 0 heterocycles. The van der Waals surface area contributed by atoms with Crippen LogP contribution in [0.25, 0.3) is 0 Å². The molecule has 0 unspecified atom stereocenters. The van der Waals surface area contributed by atoms with Crippen LogP contribution in [0.4, 0.5) is 0 Å². The van der Waals surface area contributed by atoms with Crippen LogP contribution in [0.1, 0.15) is 23.2 Å². The molecular formula is C14H20ClN3O3. The Bertz CT molecular complexity index is 518. The minimum atomic E-state index is -0.670. The number of rotatable bonds is 6. The number of methoxy groups -OCH3 is 1. The van der Waals surface area contributed by atoms with Gasteiger partial charge in [-0.15, -0.1) is 12.4 Å². The predicted octanol–water partition coefficient (Wildman–Crippen LogP) is 0.454. The molecule has 0 aliphatic heterocycles. The lowest BCUT2D eigenvalue weighted by Crippen LogP contribution is -2.45. The number of halogens is 1. The lowest BCUT2D eigenvalue weighted by atomic mass is 10.2. The van der Waals surface area contributed by atoms with Gasteiger partial charge in [0.15, 0.2) is 0 Å². The number of benzene rings is 1. The summed E-state index contributed by atoms with van der Waals surface area (Å²) in [6.45, 7) is 0.728. The molecule has 4 N–H and O–H groups in total. The van der Waals surface area contributed by atoms with Gasteiger partial charge in [0, 0.05) is 18.7 Å². The normalized spacial score (nSPS) is 14.6. The fraction of sp³-hybridized carbons (Fsp3) is 0.429. The van der Waals surface area contributed by atoms with Crippen LogP contribution in [0.2, 0.25) is 0 Å². The monoisotopic (exact) mass is 313 g/mol. The molecule has 1 aliphatic rings. The first kappa shape index (κ1) is 17.3. The van der Waals surface area contributed by atoms with Gasteiger partial charge in [-0.25, -0.2) is 0 Å². The van der Waals surface area contributed by atoms with Gasteiger partial charge in [0.1, 0.15) is 5.75 Å². The number of carbonyl (C=O) groups excluding carboxylic acids is 2. The quantitative estimate of drug-likeness (QED) is 0.665. The summed E-state index contributed by atoms with van der Waals surface area (Å²) in [7, 11) is 1.55. The molecule has 0 spiro atoms. The summed E-state index contributed by atoms with van der Waals surface area (Å²) < 4.78 is 5.06. The lowest BCUT2D eigenvalue weighted by molar-refractivity contribution is -0.123. The molecule has 6 nitrogen and oxygen atoms in total. The summed E-state index contributed by atoms with van der Waals surface area (Å²) >= 11 is 0. The van der Waals surface area contributed by atoms with Gasteiger partial charge in [-0.1, -0.05) is 6.07 Å². The second-order valence-electron chi connectivity index (χ2n) is 4.90. The van der Waals surface area contributed by atoms with E-state index in [1.165, 1.54) is 0 Å². The Labute approximate surface area is 129 Å². The molecule has 1 aromatic carbocycles. The van der Waals surface area contributed by atoms with Gasteiger partial charge in [0.05, 0.1) is 12.6 Å². The maximum absolute atomic E-state index is 11.9. The Morgan fingerprint density at radius 3 is 2.57 bits per heavy atom. The van der Waals surface area contributed by atoms with Crippen LogP contribution in [-0.2, 0) is 4.79 Å². The minimum Gasteiger partial charge on any atom is -0.497 e. The highest BCUT2D eigenvalue weighted by Gasteiger charge is 2.45. The van der Waals surface area contributed by atoms with Crippen molar-refractivity contribution in [2.75, 3.05) is 20.2 Å². The standard InChI is InChI=1S/C14H19N3O3.ClH/c1-20-11-4-2-3-10(9-11)12(18)16-7-8-17-13(19)14(15)5-6-14;/h2-4,9H,5-8,15H2,1H3,(H,16,18)(H,17,19);1H. The van der Waals surface area contributed by atoms with Gasteiger partial charge >= 0.3 is 0 Å². The van der Waals surface area contributed by atoms with Crippen LogP contribution in [0.3, 0.4) is 0 Å². The molecule has 0 saturated heterocycles. The number of hydrogen-bond acceptors (Lipinski definition) is 4. The second kappa shape index (κ2) is 7.28. The van der Waals surface area contributed by atoms with E-state index in [4.69, 9.17) is 10.5 Å². The fourth-order valence-corrected chi connectivity index (χ4v) is 1.76. The van der Waals surface area contributed by atoms with Crippen molar-refractivity contribution in [3.05, 3.63) is 29.8 Å². The maximum Gasteiger partial charge on any atom is 0.251 e. The van der Waals surface area contributed by atoms with E-state index in [1.54, 1.807) is 31.4 Å². The summed E-state index contributed by atoms with van der Waals surface area (Å²) in [6.07, 6.45) is 1.46. The Morgan fingerprint density at radius 2 is 1.95 bits per heavy atom. The minimum absolute atomic E-state index is 0. The summed E-state index contributed by atoms with van der Waals surface area (Å²) in [5, 5.41) is 5.44. The van der Waals surface area contributed by atoms with Gasteiger partial charge in [0.25, 0.3) is 5.91 Å². The van der Waals surface area contributed by atoms with Crippen molar-refractivity contribution in [3.8, 4) is 5.75 Å². The second-order valence-corrected chi connectivity index (χ2v) is 4.90. The van der Waals surface area contributed by atoms with Crippen molar-refractivity contribution in [2.24, 2.45) is 5.73 Å². The third kappa shape index (κ3) is 4.61. The van der Waals surface area contributed by atoms with Crippen LogP contribution in [0, 0.1) is 0 Å². The van der Waals surface area contributed by atoms with E-state index in [-0.39, 0.29) is 24.2 Å². The van der Waals surface area contributed by atoms with Crippen molar-refractivity contribution in [2.45, 2.75) is 18.4 Å². The molecular weight excluding hydrogens is 294 g/mol. The number of nitrogens with one attached hydrogen (secondary N) is 2. The first-order valence-electron chi connectivity index (χ1n) is 6.54. The molecule has 0 atom stereocenters. The molecule has 0 aromatic heterocycles. The van der Waals surface area contributed by atoms with Crippen molar-refractivity contribution in [3.63, 3.8) is 0 Å². The molecule has 7 heteroatoms. The summed E-state index contributed by atoms with van der Waals surface area (Å²) in [4.78, 5) is 23.4. The Hall–Kier alpha value is -1.79. The molecule has 2 amide bonds. The average molecular weight is 314 g/mol. The van der Waals surface area contributed by atoms with E-state index in [0.29, 0.717) is 24.4 Å². The lowest BCUT2D eigenvalue weighted by Gasteiger charge is -2.10. The number of ether oxygens (including phenoxy) is 1. The van der Waals surface area contributed by atoms with Gasteiger partial charge in [-0.2, -0.15) is 0 Å². The Balaban J connectivity index is 0.00000220. The zero-order chi connectivity index (χ0) is 14.6. The smallest absolute Gasteiger partial charge is 0.251 e. The van der Waals surface area contributed by atoms with Gasteiger partial charge < -0.3 is 21.1 Å². The van der Waals surface area contributed by atoms with Crippen LogP contribution in [-0.4, -0.2) is 37.6 Å². The van der Waals surface area contributed by atoms with Gasteiger partial charge in [-0.05, 0) is 31.0 Å². The maximum atomic E-state index is 11.9. The summed E-state index contributed by atoms with van der Waals surface area (Å²) in [5.74, 6) is 0.282. The van der Waals surface area contributed by atoms with Crippen molar-refractivity contribution >= 4 is 24.2 Å². The van der Waals surface area contributed by atoms with Gasteiger partial charge in [0.2, 0.25) is 5.91 Å². The Morgan fingerprint density at radius 1 is 1.29 bits per heavy atom. The van der Waals surface area contributed by atoms with E-state index in [9.17, 15) is 9.59 Å². The van der Waals surface area contributed by atoms with E-state index in [0.717, 1.165) is 12.8 Å². The molecule has 0 radical (unpaired) electrons. The fourth-order valence-electron chi connectivity index (χ4n) is 1.76. The highest BCUT2D eigenvalue weighted by atomic mass is 35.5. The third-order valence-electron chi connectivity index (χ3n) is 3.27. The molecule has 0 bridgehead atoms. The van der Waals surface area contributed by atoms with Gasteiger partial charge in [-0.3, -0.25) is 9.59 Å². The third-order valence-corrected chi connectivity index (χ3v) is 3.27. The highest BCUT2D eigenvalue weighted by Crippen LogP contribution is 2.31. The van der Waals surface area contributed by atoms with E-state index in [2.05, 4.69) is 10.6 Å².